The Morgan fingerprint density at radius 2 is 2.04 bits per heavy atom. The highest BCUT2D eigenvalue weighted by Crippen LogP contribution is 2.48. The molecule has 5 heteroatoms. The Labute approximate surface area is 165 Å². The number of rotatable bonds is 1. The molecule has 0 aliphatic carbocycles. The van der Waals surface area contributed by atoms with Crippen molar-refractivity contribution in [3.63, 3.8) is 0 Å². The van der Waals surface area contributed by atoms with Gasteiger partial charge in [-0.15, -0.1) is 0 Å². The van der Waals surface area contributed by atoms with Crippen molar-refractivity contribution in [1.82, 2.24) is 14.9 Å². The Hall–Kier alpha value is -1.75. The molecule has 26 heavy (non-hydrogen) atoms. The summed E-state index contributed by atoms with van der Waals surface area (Å²) in [5.41, 5.74) is 1.49. The smallest absolute Gasteiger partial charge is 0.346 e. The second kappa shape index (κ2) is 5.38. The van der Waals surface area contributed by atoms with Crippen LogP contribution in [0.2, 0.25) is 6.82 Å². The van der Waals surface area contributed by atoms with E-state index in [1.54, 1.807) is 6.92 Å². The van der Waals surface area contributed by atoms with Crippen LogP contribution in [0, 0.1) is 12.3 Å². The zero-order valence-electron chi connectivity index (χ0n) is 22.3. The summed E-state index contributed by atoms with van der Waals surface area (Å²) in [6, 6.07) is 3.20. The molecule has 0 bridgehead atoms. The molecule has 1 fully saturated rings. The molecule has 0 N–H and O–H groups in total. The van der Waals surface area contributed by atoms with E-state index in [4.69, 9.17) is 12.6 Å². The molecule has 0 radical (unpaired) electrons. The molecule has 4 heterocycles. The minimum absolute atomic E-state index is 0.0262. The molecule has 2 aliphatic heterocycles. The Morgan fingerprint density at radius 3 is 2.69 bits per heavy atom. The predicted octanol–water partition coefficient (Wildman–Crippen LogP) is 4.45. The molecule has 2 aromatic heterocycles. The van der Waals surface area contributed by atoms with Crippen molar-refractivity contribution in [3.05, 3.63) is 29.1 Å². The van der Waals surface area contributed by atoms with Crippen molar-refractivity contribution in [3.8, 4) is 0 Å². The van der Waals surface area contributed by atoms with Crippen LogP contribution in [-0.2, 0) is 0 Å². The van der Waals surface area contributed by atoms with Crippen LogP contribution in [0.5, 0.6) is 0 Å². The Bertz CT molecular complexity index is 1090. The summed E-state index contributed by atoms with van der Waals surface area (Å²) < 4.78 is 55.6. The molecule has 1 unspecified atom stereocenters. The number of nitrogens with zero attached hydrogens (tertiary/aromatic N) is 3. The summed E-state index contributed by atoms with van der Waals surface area (Å²) in [7, 11) is 0. The van der Waals surface area contributed by atoms with Crippen molar-refractivity contribution in [2.24, 2.45) is 5.41 Å². The highest BCUT2D eigenvalue weighted by atomic mass is 16.3. The molecule has 2 aromatic rings. The Balaban J connectivity index is 1.86. The van der Waals surface area contributed by atoms with Crippen LogP contribution in [-0.4, -0.2) is 33.3 Å². The molecule has 4 nitrogen and oxygen atoms in total. The van der Waals surface area contributed by atoms with Crippen molar-refractivity contribution in [2.45, 2.75) is 73.1 Å². The van der Waals surface area contributed by atoms with E-state index in [0.29, 0.717) is 5.71 Å². The van der Waals surface area contributed by atoms with Gasteiger partial charge < -0.3 is 9.34 Å². The minimum atomic E-state index is -2.65. The van der Waals surface area contributed by atoms with Gasteiger partial charge in [0.15, 0.2) is 0 Å². The lowest BCUT2D eigenvalue weighted by atomic mass is 9.58. The molecular formula is C21H30BN3O. The van der Waals surface area contributed by atoms with E-state index < -0.39 is 30.7 Å². The maximum Gasteiger partial charge on any atom is 0.346 e. The largest absolute Gasteiger partial charge is 0.450 e. The second-order valence-electron chi connectivity index (χ2n) is 8.47. The number of aryl methyl sites for hydroxylation is 1. The average Bonchev–Trinajstić information content (AvgIpc) is 3.08. The summed E-state index contributed by atoms with van der Waals surface area (Å²) in [5, 5.41) is 2.89. The lowest BCUT2D eigenvalue weighted by Gasteiger charge is -2.48. The van der Waals surface area contributed by atoms with Gasteiger partial charge in [-0.1, -0.05) is 20.5 Å². The third-order valence-corrected chi connectivity index (χ3v) is 5.87. The standard InChI is InChI=1S/C21H30BN3O/c1-13-9-10-16-17-11-14(2)25(22(8)18(17)26-19(16)23-13)24-15(3)20(4,5)12-21(24,6)7/h9-11,15H,12H2,1-8H3/i4D3,5D3. The number of aromatic nitrogens is 1. The zero-order chi connectivity index (χ0) is 24.0. The van der Waals surface area contributed by atoms with Crippen LogP contribution >= 0.6 is 0 Å². The fourth-order valence-electron chi connectivity index (χ4n) is 4.74. The van der Waals surface area contributed by atoms with Gasteiger partial charge in [0.05, 0.1) is 0 Å². The van der Waals surface area contributed by atoms with Gasteiger partial charge in [0, 0.05) is 42.1 Å². The molecule has 4 rings (SSSR count). The summed E-state index contributed by atoms with van der Waals surface area (Å²) >= 11 is 0. The van der Waals surface area contributed by atoms with E-state index in [1.807, 2.05) is 62.7 Å². The van der Waals surface area contributed by atoms with E-state index in [0.717, 1.165) is 28.0 Å². The van der Waals surface area contributed by atoms with E-state index in [1.165, 1.54) is 0 Å². The predicted molar refractivity (Wildman–Crippen MR) is 109 cm³/mol. The van der Waals surface area contributed by atoms with Crippen LogP contribution in [0.15, 0.2) is 22.2 Å². The number of hydrazine groups is 1. The van der Waals surface area contributed by atoms with Crippen LogP contribution in [0.25, 0.3) is 17.2 Å². The third kappa shape index (κ3) is 2.36. The number of furan rings is 1. The monoisotopic (exact) mass is 357 g/mol. The topological polar surface area (TPSA) is 32.5 Å². The summed E-state index contributed by atoms with van der Waals surface area (Å²) in [6.45, 7) is 5.89. The highest BCUT2D eigenvalue weighted by Gasteiger charge is 2.53. The molecule has 2 aliphatic rings. The van der Waals surface area contributed by atoms with Gasteiger partial charge >= 0.3 is 6.85 Å². The van der Waals surface area contributed by atoms with Gasteiger partial charge in [0.1, 0.15) is 5.66 Å². The third-order valence-electron chi connectivity index (χ3n) is 5.87. The quantitative estimate of drug-likeness (QED) is 0.706. The molecule has 138 valence electrons. The van der Waals surface area contributed by atoms with Crippen molar-refractivity contribution in [1.29, 1.82) is 0 Å². The van der Waals surface area contributed by atoms with Crippen LogP contribution in [0.4, 0.5) is 0 Å². The molecule has 0 aromatic carbocycles. The summed E-state index contributed by atoms with van der Waals surface area (Å²) in [6.07, 6.45) is 2.05. The fraction of sp³-hybridized carbons (Fsp3) is 0.571. The molecule has 0 spiro atoms. The van der Waals surface area contributed by atoms with E-state index in [9.17, 15) is 0 Å². The van der Waals surface area contributed by atoms with Crippen molar-refractivity contribution >= 4 is 29.7 Å². The van der Waals surface area contributed by atoms with E-state index >= 15 is 0 Å². The first-order chi connectivity index (χ1) is 14.5. The number of fused-ring (bicyclic) bond motifs is 3. The second-order valence-corrected chi connectivity index (χ2v) is 8.47. The maximum absolute atomic E-state index is 8.24. The molecule has 0 saturated carbocycles. The zero-order valence-corrected chi connectivity index (χ0v) is 16.3. The van der Waals surface area contributed by atoms with Gasteiger partial charge in [-0.05, 0) is 64.7 Å². The highest BCUT2D eigenvalue weighted by molar-refractivity contribution is 6.70. The number of hydrogen-bond donors (Lipinski definition) is 0. The van der Waals surface area contributed by atoms with E-state index in [2.05, 4.69) is 4.98 Å². The van der Waals surface area contributed by atoms with Crippen molar-refractivity contribution < 1.29 is 12.6 Å². The van der Waals surface area contributed by atoms with Crippen LogP contribution in [0.3, 0.4) is 0 Å². The molecule has 1 saturated heterocycles. The van der Waals surface area contributed by atoms with E-state index in [-0.39, 0.29) is 13.3 Å². The lowest BCUT2D eigenvalue weighted by molar-refractivity contribution is -0.0180. The number of hydrogen-bond acceptors (Lipinski definition) is 4. The fourth-order valence-corrected chi connectivity index (χ4v) is 4.74. The van der Waals surface area contributed by atoms with Crippen molar-refractivity contribution in [2.75, 3.05) is 0 Å². The normalized spacial score (nSPS) is 29.3. The van der Waals surface area contributed by atoms with Crippen LogP contribution in [0.1, 0.15) is 67.3 Å². The Morgan fingerprint density at radius 1 is 1.31 bits per heavy atom. The Kier molecular flexibility index (Phi) is 2.46. The summed E-state index contributed by atoms with van der Waals surface area (Å²) in [5.74, 6) is 0. The first-order valence-corrected chi connectivity index (χ1v) is 9.20. The molecule has 1 atom stereocenters. The molecule has 0 amide bonds. The summed E-state index contributed by atoms with van der Waals surface area (Å²) in [4.78, 5) is 6.53. The molecular weight excluding hydrogens is 321 g/mol. The van der Waals surface area contributed by atoms with Gasteiger partial charge in [0.2, 0.25) is 5.71 Å². The first kappa shape index (κ1) is 11.9. The van der Waals surface area contributed by atoms with Gasteiger partial charge in [-0.3, -0.25) is 0 Å². The lowest BCUT2D eigenvalue weighted by Crippen LogP contribution is -2.62. The SMILES string of the molecule is [2H]C([2H])([2H])C1(C([2H])([2H])[2H])CC(C)(C)N(N2B(C)c3oc4nc(C)ccc4c3C=C2C)C1C. The van der Waals surface area contributed by atoms with Gasteiger partial charge in [-0.2, -0.15) is 0 Å². The average molecular weight is 357 g/mol. The number of pyridine rings is 1. The minimum Gasteiger partial charge on any atom is -0.450 e. The van der Waals surface area contributed by atoms with Crippen LogP contribution < -0.4 is 5.66 Å². The number of allylic oxidation sites excluding steroid dienone is 1. The van der Waals surface area contributed by atoms with Gasteiger partial charge in [0.25, 0.3) is 0 Å². The first-order valence-electron chi connectivity index (χ1n) is 12.2. The van der Waals surface area contributed by atoms with Gasteiger partial charge in [-0.25, -0.2) is 9.99 Å². The maximum atomic E-state index is 8.24.